The van der Waals surface area contributed by atoms with Crippen molar-refractivity contribution in [1.82, 2.24) is 0 Å². The number of carbonyl (C=O) groups is 2. The topological polar surface area (TPSA) is 85.3 Å². The van der Waals surface area contributed by atoms with Crippen LogP contribution in [0.4, 0.5) is 5.69 Å². The maximum Gasteiger partial charge on any atom is 0.307 e. The monoisotopic (exact) mass is 435 g/mol. The molecule has 0 spiro atoms. The van der Waals surface area contributed by atoms with Crippen molar-refractivity contribution in [3.63, 3.8) is 0 Å². The molecule has 1 amide bonds. The molecule has 1 aliphatic rings. The Morgan fingerprint density at radius 3 is 2.31 bits per heavy atom. The number of benzene rings is 3. The Balaban J connectivity index is 1.88. The Morgan fingerprint density at radius 2 is 1.69 bits per heavy atom. The molecule has 166 valence electrons. The number of nitrogens with zero attached hydrogens (tertiary/aromatic N) is 1. The normalized spacial score (nSPS) is 12.7. The summed E-state index contributed by atoms with van der Waals surface area (Å²) in [5, 5.41) is 10.8. The van der Waals surface area contributed by atoms with Crippen molar-refractivity contribution in [3.05, 3.63) is 59.2 Å². The Kier molecular flexibility index (Phi) is 5.90. The first-order valence-corrected chi connectivity index (χ1v) is 10.5. The summed E-state index contributed by atoms with van der Waals surface area (Å²) in [7, 11) is 1.50. The van der Waals surface area contributed by atoms with E-state index in [1.807, 2.05) is 38.1 Å². The van der Waals surface area contributed by atoms with Crippen molar-refractivity contribution in [2.75, 3.05) is 25.2 Å². The van der Waals surface area contributed by atoms with Crippen molar-refractivity contribution in [1.29, 1.82) is 0 Å². The average Bonchev–Trinajstić information content (AvgIpc) is 3.12. The second kappa shape index (κ2) is 8.78. The number of ether oxygens (including phenoxy) is 3. The van der Waals surface area contributed by atoms with Crippen LogP contribution in [0.15, 0.2) is 42.5 Å². The SMILES string of the molecule is CCOc1c2c(c(OCC)c3ccccc13)C(=O)N(c1ccc(CC(=O)O)cc1OC)C2. The van der Waals surface area contributed by atoms with Gasteiger partial charge < -0.3 is 24.2 Å². The van der Waals surface area contributed by atoms with Gasteiger partial charge in [0.15, 0.2) is 0 Å². The van der Waals surface area contributed by atoms with Crippen molar-refractivity contribution in [2.45, 2.75) is 26.8 Å². The number of carboxylic acid groups (broad SMARTS) is 1. The molecule has 0 saturated carbocycles. The van der Waals surface area contributed by atoms with E-state index in [-0.39, 0.29) is 12.3 Å². The molecule has 0 aromatic heterocycles. The summed E-state index contributed by atoms with van der Waals surface area (Å²) in [5.74, 6) is 0.526. The maximum absolute atomic E-state index is 13.7. The van der Waals surface area contributed by atoms with E-state index in [1.165, 1.54) is 7.11 Å². The highest BCUT2D eigenvalue weighted by molar-refractivity contribution is 6.17. The molecule has 1 N–H and O–H groups in total. The summed E-state index contributed by atoms with van der Waals surface area (Å²) in [6.07, 6.45) is -0.126. The molecule has 3 aromatic rings. The lowest BCUT2D eigenvalue weighted by molar-refractivity contribution is -0.136. The van der Waals surface area contributed by atoms with Gasteiger partial charge in [0.05, 0.1) is 44.5 Å². The van der Waals surface area contributed by atoms with Gasteiger partial charge in [-0.2, -0.15) is 0 Å². The number of carboxylic acids is 1. The Hall–Kier alpha value is -3.74. The van der Waals surface area contributed by atoms with Gasteiger partial charge in [0, 0.05) is 16.3 Å². The number of anilines is 1. The Labute approximate surface area is 186 Å². The molecule has 7 heteroatoms. The standard InChI is InChI=1S/C25H25NO6/c1-4-31-23-16-8-6-7-9-17(16)24(32-5-2)22-18(23)14-26(25(22)29)19-11-10-15(13-21(27)28)12-20(19)30-3/h6-12H,4-5,13-14H2,1-3H3,(H,27,28). The molecule has 0 fully saturated rings. The van der Waals surface area contributed by atoms with Crippen LogP contribution in [0.25, 0.3) is 10.8 Å². The van der Waals surface area contributed by atoms with Crippen LogP contribution in [0.2, 0.25) is 0 Å². The molecule has 0 aliphatic carbocycles. The maximum atomic E-state index is 13.7. The lowest BCUT2D eigenvalue weighted by Crippen LogP contribution is -2.24. The third-order valence-electron chi connectivity index (χ3n) is 5.46. The number of aliphatic carboxylic acids is 1. The van der Waals surface area contributed by atoms with Crippen molar-refractivity contribution >= 4 is 28.3 Å². The van der Waals surface area contributed by atoms with Crippen LogP contribution in [-0.2, 0) is 17.8 Å². The van der Waals surface area contributed by atoms with E-state index in [1.54, 1.807) is 23.1 Å². The molecule has 0 unspecified atom stereocenters. The Morgan fingerprint density at radius 1 is 1.03 bits per heavy atom. The lowest BCUT2D eigenvalue weighted by Gasteiger charge is -2.19. The van der Waals surface area contributed by atoms with Crippen molar-refractivity contribution in [3.8, 4) is 17.2 Å². The smallest absolute Gasteiger partial charge is 0.307 e. The fraction of sp³-hybridized carbons (Fsp3) is 0.280. The van der Waals surface area contributed by atoms with Gasteiger partial charge in [-0.3, -0.25) is 9.59 Å². The highest BCUT2D eigenvalue weighted by Crippen LogP contribution is 2.47. The van der Waals surface area contributed by atoms with Crippen molar-refractivity contribution < 1.29 is 28.9 Å². The zero-order valence-corrected chi connectivity index (χ0v) is 18.3. The fourth-order valence-electron chi connectivity index (χ4n) is 4.20. The molecule has 32 heavy (non-hydrogen) atoms. The zero-order valence-electron chi connectivity index (χ0n) is 18.3. The molecule has 4 rings (SSSR count). The Bertz CT molecular complexity index is 1200. The molecule has 3 aromatic carbocycles. The average molecular weight is 435 g/mol. The third kappa shape index (κ3) is 3.60. The zero-order chi connectivity index (χ0) is 22.8. The van der Waals surface area contributed by atoms with Gasteiger partial charge >= 0.3 is 5.97 Å². The molecule has 0 atom stereocenters. The van der Waals surface area contributed by atoms with E-state index in [9.17, 15) is 9.59 Å². The minimum Gasteiger partial charge on any atom is -0.495 e. The first-order chi connectivity index (χ1) is 15.5. The van der Waals surface area contributed by atoms with E-state index in [2.05, 4.69) is 0 Å². The van der Waals surface area contributed by atoms with Gasteiger partial charge in [-0.15, -0.1) is 0 Å². The predicted molar refractivity (Wildman–Crippen MR) is 121 cm³/mol. The second-order valence-corrected chi connectivity index (χ2v) is 7.39. The molecule has 0 saturated heterocycles. The van der Waals surface area contributed by atoms with Crippen LogP contribution in [0.1, 0.15) is 35.3 Å². The van der Waals surface area contributed by atoms with Gasteiger partial charge in [0.25, 0.3) is 5.91 Å². The summed E-state index contributed by atoms with van der Waals surface area (Å²) in [6, 6.07) is 12.8. The van der Waals surface area contributed by atoms with E-state index in [0.717, 1.165) is 16.3 Å². The van der Waals surface area contributed by atoms with E-state index in [4.69, 9.17) is 19.3 Å². The van der Waals surface area contributed by atoms with Crippen LogP contribution in [0, 0.1) is 0 Å². The highest BCUT2D eigenvalue weighted by atomic mass is 16.5. The first-order valence-electron chi connectivity index (χ1n) is 10.5. The van der Waals surface area contributed by atoms with Crippen LogP contribution >= 0.6 is 0 Å². The summed E-state index contributed by atoms with van der Waals surface area (Å²) in [4.78, 5) is 26.4. The first kappa shape index (κ1) is 21.5. The van der Waals surface area contributed by atoms with Crippen LogP contribution in [-0.4, -0.2) is 37.3 Å². The number of amides is 1. The van der Waals surface area contributed by atoms with Gasteiger partial charge in [0.2, 0.25) is 0 Å². The van der Waals surface area contributed by atoms with E-state index < -0.39 is 5.97 Å². The van der Waals surface area contributed by atoms with Gasteiger partial charge in [-0.1, -0.05) is 30.3 Å². The number of fused-ring (bicyclic) bond motifs is 2. The molecule has 0 bridgehead atoms. The predicted octanol–water partition coefficient (Wildman–Crippen LogP) is 4.43. The fourth-order valence-corrected chi connectivity index (χ4v) is 4.20. The van der Waals surface area contributed by atoms with Gasteiger partial charge in [-0.25, -0.2) is 0 Å². The summed E-state index contributed by atoms with van der Waals surface area (Å²) in [5.41, 5.74) is 2.43. The van der Waals surface area contributed by atoms with Gasteiger partial charge in [0.1, 0.15) is 17.2 Å². The molecular weight excluding hydrogens is 410 g/mol. The number of hydrogen-bond acceptors (Lipinski definition) is 5. The van der Waals surface area contributed by atoms with Crippen LogP contribution in [0.3, 0.4) is 0 Å². The van der Waals surface area contributed by atoms with Crippen LogP contribution < -0.4 is 19.1 Å². The molecule has 1 heterocycles. The van der Waals surface area contributed by atoms with Gasteiger partial charge in [-0.05, 0) is 31.5 Å². The molecule has 1 aliphatic heterocycles. The van der Waals surface area contributed by atoms with Crippen LogP contribution in [0.5, 0.6) is 17.2 Å². The van der Waals surface area contributed by atoms with E-state index >= 15 is 0 Å². The summed E-state index contributed by atoms with van der Waals surface area (Å²) >= 11 is 0. The largest absolute Gasteiger partial charge is 0.495 e. The lowest BCUT2D eigenvalue weighted by atomic mass is 9.99. The highest BCUT2D eigenvalue weighted by Gasteiger charge is 2.37. The van der Waals surface area contributed by atoms with E-state index in [0.29, 0.717) is 53.8 Å². The quantitative estimate of drug-likeness (QED) is 0.563. The molecular formula is C25H25NO6. The second-order valence-electron chi connectivity index (χ2n) is 7.39. The third-order valence-corrected chi connectivity index (χ3v) is 5.46. The number of rotatable bonds is 8. The number of carbonyl (C=O) groups excluding carboxylic acids is 1. The minimum absolute atomic E-state index is 0.126. The summed E-state index contributed by atoms with van der Waals surface area (Å²) in [6.45, 7) is 4.98. The molecule has 7 nitrogen and oxygen atoms in total. The van der Waals surface area contributed by atoms with Crippen molar-refractivity contribution in [2.24, 2.45) is 0 Å². The number of hydrogen-bond donors (Lipinski definition) is 1. The molecule has 0 radical (unpaired) electrons. The summed E-state index contributed by atoms with van der Waals surface area (Å²) < 4.78 is 17.5. The minimum atomic E-state index is -0.932. The number of methoxy groups -OCH3 is 1.